The van der Waals surface area contributed by atoms with Gasteiger partial charge < -0.3 is 5.32 Å². The highest BCUT2D eigenvalue weighted by Crippen LogP contribution is 2.06. The van der Waals surface area contributed by atoms with E-state index in [1.807, 2.05) is 13.0 Å². The van der Waals surface area contributed by atoms with Crippen molar-refractivity contribution < 1.29 is 0 Å². The van der Waals surface area contributed by atoms with E-state index < -0.39 is 0 Å². The molecule has 1 N–H and O–H groups in total. The van der Waals surface area contributed by atoms with Crippen molar-refractivity contribution in [1.82, 2.24) is 9.97 Å². The minimum Gasteiger partial charge on any atom is -0.364 e. The zero-order valence-electron chi connectivity index (χ0n) is 7.41. The van der Waals surface area contributed by atoms with Gasteiger partial charge in [-0.25, -0.2) is 9.97 Å². The molecule has 0 saturated heterocycles. The molecule has 0 aliphatic rings. The molecule has 1 rings (SSSR count). The van der Waals surface area contributed by atoms with Gasteiger partial charge in [0.1, 0.15) is 6.07 Å². The fourth-order valence-electron chi connectivity index (χ4n) is 0.784. The van der Waals surface area contributed by atoms with Crippen molar-refractivity contribution in [2.45, 2.75) is 6.92 Å². The minimum atomic E-state index is 0.309. The van der Waals surface area contributed by atoms with Crippen molar-refractivity contribution in [3.8, 4) is 6.07 Å². The van der Waals surface area contributed by atoms with Gasteiger partial charge in [-0.15, -0.1) is 0 Å². The lowest BCUT2D eigenvalue weighted by atomic mass is 10.3. The summed E-state index contributed by atoms with van der Waals surface area (Å²) >= 11 is 0. The van der Waals surface area contributed by atoms with Crippen molar-refractivity contribution in [3.63, 3.8) is 0 Å². The van der Waals surface area contributed by atoms with E-state index in [0.717, 1.165) is 5.57 Å². The molecular weight excluding hydrogens is 164 g/mol. The van der Waals surface area contributed by atoms with E-state index in [9.17, 15) is 0 Å². The number of hydrogen-bond acceptors (Lipinski definition) is 4. The first-order chi connectivity index (χ1) is 6.24. The van der Waals surface area contributed by atoms with Crippen LogP contribution in [0.1, 0.15) is 12.6 Å². The molecule has 0 aromatic carbocycles. The van der Waals surface area contributed by atoms with Crippen molar-refractivity contribution >= 4 is 5.82 Å². The summed E-state index contributed by atoms with van der Waals surface area (Å²) in [7, 11) is 0. The predicted molar refractivity (Wildman–Crippen MR) is 50.1 cm³/mol. The molecule has 1 aromatic heterocycles. The molecule has 0 amide bonds. The molecule has 0 bridgehead atoms. The maximum atomic E-state index is 8.67. The number of anilines is 1. The standard InChI is InChI=1S/C9H10N4/c1-7(2)6-13-9-8(5-10)11-3-4-12-9/h3-4H,1,6H2,2H3,(H,12,13). The van der Waals surface area contributed by atoms with Crippen LogP contribution in [-0.4, -0.2) is 16.5 Å². The first-order valence-electron chi connectivity index (χ1n) is 3.83. The van der Waals surface area contributed by atoms with Crippen molar-refractivity contribution in [3.05, 3.63) is 30.2 Å². The van der Waals surface area contributed by atoms with Crippen LogP contribution in [0.5, 0.6) is 0 Å². The summed E-state index contributed by atoms with van der Waals surface area (Å²) in [5, 5.41) is 11.6. The topological polar surface area (TPSA) is 61.6 Å². The maximum absolute atomic E-state index is 8.67. The quantitative estimate of drug-likeness (QED) is 0.702. The van der Waals surface area contributed by atoms with Gasteiger partial charge in [-0.05, 0) is 6.92 Å². The van der Waals surface area contributed by atoms with Crippen LogP contribution in [0.25, 0.3) is 0 Å². The molecule has 66 valence electrons. The van der Waals surface area contributed by atoms with Crippen LogP contribution in [0.3, 0.4) is 0 Å². The van der Waals surface area contributed by atoms with Crippen molar-refractivity contribution in [1.29, 1.82) is 5.26 Å². The Balaban J connectivity index is 2.77. The highest BCUT2D eigenvalue weighted by Gasteiger charge is 2.01. The third-order valence-corrected chi connectivity index (χ3v) is 1.36. The second kappa shape index (κ2) is 4.21. The highest BCUT2D eigenvalue weighted by atomic mass is 15.0. The van der Waals surface area contributed by atoms with Gasteiger partial charge in [-0.3, -0.25) is 0 Å². The predicted octanol–water partition coefficient (Wildman–Crippen LogP) is 1.34. The summed E-state index contributed by atoms with van der Waals surface area (Å²) in [4.78, 5) is 7.84. The van der Waals surface area contributed by atoms with E-state index in [4.69, 9.17) is 5.26 Å². The summed E-state index contributed by atoms with van der Waals surface area (Å²) in [6.45, 7) is 6.23. The van der Waals surface area contributed by atoms with Gasteiger partial charge in [-0.1, -0.05) is 12.2 Å². The Morgan fingerprint density at radius 2 is 2.31 bits per heavy atom. The maximum Gasteiger partial charge on any atom is 0.182 e. The molecule has 0 saturated carbocycles. The van der Waals surface area contributed by atoms with Crippen LogP contribution >= 0.6 is 0 Å². The SMILES string of the molecule is C=C(C)CNc1nccnc1C#N. The molecule has 0 fully saturated rings. The Labute approximate surface area is 76.9 Å². The lowest BCUT2D eigenvalue weighted by molar-refractivity contribution is 1.11. The van der Waals surface area contributed by atoms with Gasteiger partial charge in [0, 0.05) is 18.9 Å². The van der Waals surface area contributed by atoms with Gasteiger partial charge in [0.25, 0.3) is 0 Å². The number of hydrogen-bond donors (Lipinski definition) is 1. The molecule has 13 heavy (non-hydrogen) atoms. The lowest BCUT2D eigenvalue weighted by Crippen LogP contribution is -2.06. The Kier molecular flexibility index (Phi) is 2.98. The molecule has 1 aromatic rings. The molecule has 0 unspecified atom stereocenters. The molecule has 0 spiro atoms. The monoisotopic (exact) mass is 174 g/mol. The lowest BCUT2D eigenvalue weighted by Gasteiger charge is -2.04. The first-order valence-corrected chi connectivity index (χ1v) is 3.83. The van der Waals surface area contributed by atoms with E-state index in [0.29, 0.717) is 18.1 Å². The zero-order chi connectivity index (χ0) is 9.68. The largest absolute Gasteiger partial charge is 0.364 e. The van der Waals surface area contributed by atoms with Crippen LogP contribution < -0.4 is 5.32 Å². The van der Waals surface area contributed by atoms with Crippen molar-refractivity contribution in [2.24, 2.45) is 0 Å². The second-order valence-corrected chi connectivity index (χ2v) is 2.68. The summed E-state index contributed by atoms with van der Waals surface area (Å²) < 4.78 is 0. The molecule has 1 heterocycles. The molecule has 4 nitrogen and oxygen atoms in total. The molecule has 0 aliphatic heterocycles. The fraction of sp³-hybridized carbons (Fsp3) is 0.222. The third-order valence-electron chi connectivity index (χ3n) is 1.36. The van der Waals surface area contributed by atoms with E-state index in [1.54, 1.807) is 6.20 Å². The van der Waals surface area contributed by atoms with Gasteiger partial charge in [0.05, 0.1) is 0 Å². The molecular formula is C9H10N4. The Bertz CT molecular complexity index is 351. The number of aromatic nitrogens is 2. The summed E-state index contributed by atoms with van der Waals surface area (Å²) in [5.74, 6) is 0.507. The zero-order valence-corrected chi connectivity index (χ0v) is 7.41. The van der Waals surface area contributed by atoms with Crippen LogP contribution in [0.4, 0.5) is 5.82 Å². The second-order valence-electron chi connectivity index (χ2n) is 2.68. The Morgan fingerprint density at radius 1 is 1.62 bits per heavy atom. The number of rotatable bonds is 3. The average Bonchev–Trinajstić information content (AvgIpc) is 2.15. The molecule has 0 aliphatic carbocycles. The van der Waals surface area contributed by atoms with Crippen LogP contribution in [0, 0.1) is 11.3 Å². The summed E-state index contributed by atoms with van der Waals surface area (Å²) in [5.41, 5.74) is 1.29. The van der Waals surface area contributed by atoms with E-state index in [-0.39, 0.29) is 0 Å². The van der Waals surface area contributed by atoms with Crippen molar-refractivity contribution in [2.75, 3.05) is 11.9 Å². The number of nitriles is 1. The van der Waals surface area contributed by atoms with Gasteiger partial charge in [0.2, 0.25) is 0 Å². The number of nitrogens with zero attached hydrogens (tertiary/aromatic N) is 3. The molecule has 0 radical (unpaired) electrons. The smallest absolute Gasteiger partial charge is 0.182 e. The van der Waals surface area contributed by atoms with Crippen LogP contribution in [0.15, 0.2) is 24.5 Å². The van der Waals surface area contributed by atoms with E-state index >= 15 is 0 Å². The Morgan fingerprint density at radius 3 is 2.92 bits per heavy atom. The number of nitrogens with one attached hydrogen (secondary N) is 1. The van der Waals surface area contributed by atoms with E-state index in [1.165, 1.54) is 6.20 Å². The molecule has 0 atom stereocenters. The van der Waals surface area contributed by atoms with Gasteiger partial charge in [0.15, 0.2) is 11.5 Å². The highest BCUT2D eigenvalue weighted by molar-refractivity contribution is 5.47. The average molecular weight is 174 g/mol. The molecule has 4 heteroatoms. The first kappa shape index (κ1) is 9.20. The fourth-order valence-corrected chi connectivity index (χ4v) is 0.784. The Hall–Kier alpha value is -1.89. The minimum absolute atomic E-state index is 0.309. The van der Waals surface area contributed by atoms with Gasteiger partial charge in [-0.2, -0.15) is 5.26 Å². The van der Waals surface area contributed by atoms with E-state index in [2.05, 4.69) is 21.9 Å². The van der Waals surface area contributed by atoms with Crippen LogP contribution in [-0.2, 0) is 0 Å². The third kappa shape index (κ3) is 2.56. The van der Waals surface area contributed by atoms with Crippen LogP contribution in [0.2, 0.25) is 0 Å². The van der Waals surface area contributed by atoms with Gasteiger partial charge >= 0.3 is 0 Å². The summed E-state index contributed by atoms with van der Waals surface area (Å²) in [6, 6.07) is 1.95. The normalized spacial score (nSPS) is 8.92. The summed E-state index contributed by atoms with van der Waals surface area (Å²) in [6.07, 6.45) is 3.03.